The molecule has 1 aromatic carbocycles. The molecule has 3 nitrogen and oxygen atoms in total. The summed E-state index contributed by atoms with van der Waals surface area (Å²) in [5, 5.41) is 0. The molecule has 0 radical (unpaired) electrons. The van der Waals surface area contributed by atoms with Crippen LogP contribution in [0.15, 0.2) is 23.1 Å². The van der Waals surface area contributed by atoms with Gasteiger partial charge < -0.3 is 5.73 Å². The van der Waals surface area contributed by atoms with E-state index in [0.29, 0.717) is 6.07 Å². The maximum atomic E-state index is 12.4. The zero-order valence-electron chi connectivity index (χ0n) is 5.79. The van der Waals surface area contributed by atoms with Gasteiger partial charge in [0.25, 0.3) is 0 Å². The fourth-order valence-corrected chi connectivity index (χ4v) is 1.32. The van der Waals surface area contributed by atoms with Crippen molar-refractivity contribution in [3.05, 3.63) is 24.0 Å². The molecule has 0 fully saturated rings. The van der Waals surface area contributed by atoms with E-state index in [1.54, 1.807) is 0 Å². The van der Waals surface area contributed by atoms with E-state index in [4.69, 9.17) is 5.73 Å². The van der Waals surface area contributed by atoms with Crippen LogP contribution in [0.4, 0.5) is 14.0 Å². The summed E-state index contributed by atoms with van der Waals surface area (Å²) < 4.78 is 45.3. The van der Waals surface area contributed by atoms with Crippen molar-refractivity contribution in [1.29, 1.82) is 0 Å². The predicted octanol–water partition coefficient (Wildman–Crippen LogP) is 1.07. The molecular weight excluding hydrogens is 188 g/mol. The van der Waals surface area contributed by atoms with Gasteiger partial charge in [0.05, 0.1) is 5.69 Å². The Morgan fingerprint density at radius 2 is 1.92 bits per heavy atom. The summed E-state index contributed by atoms with van der Waals surface area (Å²) in [6.45, 7) is 0. The number of nitrogens with two attached hydrogens (primary N) is 1. The maximum absolute atomic E-state index is 12.4. The van der Waals surface area contributed by atoms with Gasteiger partial charge in [0.2, 0.25) is 0 Å². The molecule has 0 aliphatic heterocycles. The van der Waals surface area contributed by atoms with E-state index >= 15 is 0 Å². The second-order valence-electron chi connectivity index (χ2n) is 2.12. The van der Waals surface area contributed by atoms with Gasteiger partial charge in [0.1, 0.15) is 10.7 Å². The molecule has 1 aromatic rings. The fourth-order valence-electron chi connectivity index (χ4n) is 0.719. The number of rotatable bonds is 1. The zero-order valence-corrected chi connectivity index (χ0v) is 6.61. The van der Waals surface area contributed by atoms with Crippen LogP contribution in [0.5, 0.6) is 0 Å². The Morgan fingerprint density at radius 3 is 2.33 bits per heavy atom. The Hall–Kier alpha value is -1.17. The highest BCUT2D eigenvalue weighted by atomic mass is 32.3. The third-order valence-corrected chi connectivity index (χ3v) is 2.12. The normalized spacial score (nSPS) is 11.5. The number of nitrogen functional groups attached to an aromatic ring is 1. The van der Waals surface area contributed by atoms with E-state index in [2.05, 4.69) is 0 Å². The highest BCUT2D eigenvalue weighted by molar-refractivity contribution is 7.86. The molecule has 0 spiro atoms. The minimum absolute atomic E-state index is 0.307. The lowest BCUT2D eigenvalue weighted by Crippen LogP contribution is -1.99. The van der Waals surface area contributed by atoms with Gasteiger partial charge in [-0.3, -0.25) is 0 Å². The SMILES string of the molecule is Nc1ccc(F)cc1S(=O)(=O)F. The number of halogens is 2. The van der Waals surface area contributed by atoms with E-state index in [9.17, 15) is 16.7 Å². The van der Waals surface area contributed by atoms with E-state index < -0.39 is 20.9 Å². The quantitative estimate of drug-likeness (QED) is 0.536. The van der Waals surface area contributed by atoms with Gasteiger partial charge >= 0.3 is 10.2 Å². The molecule has 0 heterocycles. The lowest BCUT2D eigenvalue weighted by atomic mass is 10.3. The van der Waals surface area contributed by atoms with Gasteiger partial charge in [-0.05, 0) is 18.2 Å². The first-order valence-electron chi connectivity index (χ1n) is 2.91. The average molecular weight is 193 g/mol. The number of hydrogen-bond acceptors (Lipinski definition) is 3. The molecular formula is C6H5F2NO2S. The van der Waals surface area contributed by atoms with Gasteiger partial charge in [-0.2, -0.15) is 8.42 Å². The van der Waals surface area contributed by atoms with Crippen LogP contribution < -0.4 is 5.73 Å². The Balaban J connectivity index is 3.43. The van der Waals surface area contributed by atoms with Crippen LogP contribution in [0.3, 0.4) is 0 Å². The molecule has 66 valence electrons. The van der Waals surface area contributed by atoms with Crippen LogP contribution in [-0.2, 0) is 10.2 Å². The molecule has 0 atom stereocenters. The lowest BCUT2D eigenvalue weighted by Gasteiger charge is -1.98. The summed E-state index contributed by atoms with van der Waals surface area (Å²) in [4.78, 5) is -0.831. The van der Waals surface area contributed by atoms with Crippen molar-refractivity contribution in [2.24, 2.45) is 0 Å². The first-order valence-corrected chi connectivity index (χ1v) is 4.29. The molecule has 0 aromatic heterocycles. The van der Waals surface area contributed by atoms with Crippen molar-refractivity contribution < 1.29 is 16.7 Å². The van der Waals surface area contributed by atoms with Crippen LogP contribution >= 0.6 is 0 Å². The molecule has 6 heteroatoms. The van der Waals surface area contributed by atoms with Crippen molar-refractivity contribution in [3.63, 3.8) is 0 Å². The van der Waals surface area contributed by atoms with E-state index in [0.717, 1.165) is 12.1 Å². The molecule has 0 saturated heterocycles. The third-order valence-electron chi connectivity index (χ3n) is 1.24. The molecule has 0 saturated carbocycles. The maximum Gasteiger partial charge on any atom is 0.334 e. The number of hydrogen-bond donors (Lipinski definition) is 1. The van der Waals surface area contributed by atoms with Gasteiger partial charge in [-0.15, -0.1) is 3.89 Å². The van der Waals surface area contributed by atoms with Crippen LogP contribution in [-0.4, -0.2) is 8.42 Å². The molecule has 0 unspecified atom stereocenters. The van der Waals surface area contributed by atoms with E-state index in [1.165, 1.54) is 0 Å². The Kier molecular flexibility index (Phi) is 2.01. The van der Waals surface area contributed by atoms with Crippen molar-refractivity contribution >= 4 is 15.9 Å². The van der Waals surface area contributed by atoms with Gasteiger partial charge in [0.15, 0.2) is 0 Å². The highest BCUT2D eigenvalue weighted by Gasteiger charge is 2.16. The summed E-state index contributed by atoms with van der Waals surface area (Å²) in [6, 6.07) is 2.47. The fraction of sp³-hybridized carbons (Fsp3) is 0. The van der Waals surface area contributed by atoms with Crippen molar-refractivity contribution in [1.82, 2.24) is 0 Å². The Labute approximate surface area is 68.0 Å². The minimum atomic E-state index is -4.92. The summed E-state index contributed by atoms with van der Waals surface area (Å²) in [7, 11) is -4.92. The molecule has 2 N–H and O–H groups in total. The van der Waals surface area contributed by atoms with Gasteiger partial charge in [-0.1, -0.05) is 0 Å². The van der Waals surface area contributed by atoms with E-state index in [1.807, 2.05) is 0 Å². The molecule has 12 heavy (non-hydrogen) atoms. The molecule has 0 bridgehead atoms. The molecule has 0 aliphatic rings. The van der Waals surface area contributed by atoms with Crippen molar-refractivity contribution in [2.75, 3.05) is 5.73 Å². The summed E-state index contributed by atoms with van der Waals surface area (Å²) in [5.41, 5.74) is 4.78. The van der Waals surface area contributed by atoms with Gasteiger partial charge in [0, 0.05) is 0 Å². The number of anilines is 1. The first-order chi connectivity index (χ1) is 5.41. The van der Waals surface area contributed by atoms with Crippen LogP contribution in [0.1, 0.15) is 0 Å². The Bertz CT molecular complexity index is 402. The minimum Gasteiger partial charge on any atom is -0.398 e. The second-order valence-corrected chi connectivity index (χ2v) is 3.44. The average Bonchev–Trinajstić information content (AvgIpc) is 1.92. The summed E-state index contributed by atoms with van der Waals surface area (Å²) in [5.74, 6) is -0.847. The second kappa shape index (κ2) is 2.71. The number of benzene rings is 1. The smallest absolute Gasteiger partial charge is 0.334 e. The zero-order chi connectivity index (χ0) is 9.35. The summed E-state index contributed by atoms with van der Waals surface area (Å²) in [6.07, 6.45) is 0. The molecule has 0 amide bonds. The molecule has 0 aliphatic carbocycles. The molecule has 1 rings (SSSR count). The van der Waals surface area contributed by atoms with Crippen molar-refractivity contribution in [2.45, 2.75) is 4.90 Å². The Morgan fingerprint density at radius 1 is 1.33 bits per heavy atom. The van der Waals surface area contributed by atoms with Crippen LogP contribution in [0.25, 0.3) is 0 Å². The third kappa shape index (κ3) is 1.70. The largest absolute Gasteiger partial charge is 0.398 e. The topological polar surface area (TPSA) is 60.2 Å². The lowest BCUT2D eigenvalue weighted by molar-refractivity contribution is 0.550. The highest BCUT2D eigenvalue weighted by Crippen LogP contribution is 2.20. The summed E-state index contributed by atoms with van der Waals surface area (Å²) >= 11 is 0. The first kappa shape index (κ1) is 8.92. The van der Waals surface area contributed by atoms with E-state index in [-0.39, 0.29) is 5.69 Å². The monoisotopic (exact) mass is 193 g/mol. The predicted molar refractivity (Wildman–Crippen MR) is 39.1 cm³/mol. The van der Waals surface area contributed by atoms with Gasteiger partial charge in [-0.25, -0.2) is 4.39 Å². The standard InChI is InChI=1S/C6H5F2NO2S/c7-4-1-2-5(9)6(3-4)12(8,10)11/h1-3H,9H2. The van der Waals surface area contributed by atoms with Crippen molar-refractivity contribution in [3.8, 4) is 0 Å². The van der Waals surface area contributed by atoms with Crippen LogP contribution in [0.2, 0.25) is 0 Å². The van der Waals surface area contributed by atoms with Crippen LogP contribution in [0, 0.1) is 5.82 Å².